The first kappa shape index (κ1) is 17.2. The number of ether oxygens (including phenoxy) is 1. The first-order chi connectivity index (χ1) is 11.0. The number of benzene rings is 1. The maximum atomic E-state index is 12.1. The minimum Gasteiger partial charge on any atom is -0.385 e. The Hall–Kier alpha value is -2.18. The number of methoxy groups -OCH3 is 1. The van der Waals surface area contributed by atoms with E-state index < -0.39 is 11.3 Å². The molecule has 0 unspecified atom stereocenters. The number of halogens is 1. The van der Waals surface area contributed by atoms with Crippen LogP contribution in [0.5, 0.6) is 0 Å². The molecule has 2 aromatic rings. The quantitative estimate of drug-likeness (QED) is 0.819. The van der Waals surface area contributed by atoms with Crippen molar-refractivity contribution in [2.75, 3.05) is 20.3 Å². The van der Waals surface area contributed by atoms with Crippen LogP contribution in [0.1, 0.15) is 22.6 Å². The zero-order valence-corrected chi connectivity index (χ0v) is 13.8. The van der Waals surface area contributed by atoms with Crippen molar-refractivity contribution in [2.45, 2.75) is 13.3 Å². The van der Waals surface area contributed by atoms with Crippen LogP contribution in [0, 0.1) is 6.92 Å². The van der Waals surface area contributed by atoms with Crippen molar-refractivity contribution in [3.05, 3.63) is 57.0 Å². The lowest BCUT2D eigenvalue weighted by molar-refractivity contribution is 0.0940. The van der Waals surface area contributed by atoms with Gasteiger partial charge in [-0.1, -0.05) is 23.7 Å². The summed E-state index contributed by atoms with van der Waals surface area (Å²) in [7, 11) is 1.59. The average molecular weight is 336 g/mol. The molecule has 23 heavy (non-hydrogen) atoms. The number of aromatic nitrogens is 2. The van der Waals surface area contributed by atoms with E-state index in [0.29, 0.717) is 36.0 Å². The minimum absolute atomic E-state index is 0.159. The third kappa shape index (κ3) is 4.18. The van der Waals surface area contributed by atoms with Crippen LogP contribution in [0.25, 0.3) is 5.69 Å². The maximum absolute atomic E-state index is 12.1. The van der Waals surface area contributed by atoms with Gasteiger partial charge in [0.1, 0.15) is 0 Å². The lowest BCUT2D eigenvalue weighted by atomic mass is 10.2. The first-order valence-corrected chi connectivity index (χ1v) is 7.55. The fourth-order valence-electron chi connectivity index (χ4n) is 2.07. The van der Waals surface area contributed by atoms with Gasteiger partial charge in [0.2, 0.25) is 5.43 Å². The second kappa shape index (κ2) is 7.89. The summed E-state index contributed by atoms with van der Waals surface area (Å²) in [5.74, 6) is -0.507. The van der Waals surface area contributed by atoms with E-state index in [0.717, 1.165) is 0 Å². The Morgan fingerprint density at radius 2 is 2.13 bits per heavy atom. The zero-order chi connectivity index (χ0) is 16.8. The van der Waals surface area contributed by atoms with Gasteiger partial charge >= 0.3 is 0 Å². The Kier molecular flexibility index (Phi) is 5.90. The summed E-state index contributed by atoms with van der Waals surface area (Å²) >= 11 is 6.17. The van der Waals surface area contributed by atoms with Crippen molar-refractivity contribution in [1.29, 1.82) is 0 Å². The number of nitrogens with zero attached hydrogens (tertiary/aromatic N) is 2. The van der Waals surface area contributed by atoms with Crippen LogP contribution in [0.4, 0.5) is 0 Å². The van der Waals surface area contributed by atoms with E-state index in [9.17, 15) is 9.59 Å². The zero-order valence-electron chi connectivity index (χ0n) is 13.0. The highest BCUT2D eigenvalue weighted by atomic mass is 35.5. The molecule has 1 amide bonds. The number of aryl methyl sites for hydroxylation is 1. The van der Waals surface area contributed by atoms with Gasteiger partial charge in [0.15, 0.2) is 5.69 Å². The molecule has 0 spiro atoms. The van der Waals surface area contributed by atoms with Crippen molar-refractivity contribution < 1.29 is 9.53 Å². The van der Waals surface area contributed by atoms with Crippen LogP contribution in [-0.4, -0.2) is 35.9 Å². The molecule has 0 fully saturated rings. The number of carbonyl (C=O) groups is 1. The summed E-state index contributed by atoms with van der Waals surface area (Å²) < 4.78 is 6.41. The third-order valence-electron chi connectivity index (χ3n) is 3.21. The molecular formula is C16H18ClN3O3. The molecule has 7 heteroatoms. The van der Waals surface area contributed by atoms with E-state index in [1.165, 1.54) is 10.7 Å². The largest absolute Gasteiger partial charge is 0.385 e. The molecule has 122 valence electrons. The van der Waals surface area contributed by atoms with E-state index in [1.54, 1.807) is 32.2 Å². The molecule has 0 aliphatic heterocycles. The number of amides is 1. The predicted octanol–water partition coefficient (Wildman–Crippen LogP) is 1.96. The Balaban J connectivity index is 2.32. The topological polar surface area (TPSA) is 73.2 Å². The smallest absolute Gasteiger partial charge is 0.275 e. The average Bonchev–Trinajstić information content (AvgIpc) is 2.52. The van der Waals surface area contributed by atoms with Crippen LogP contribution in [0.15, 0.2) is 35.1 Å². The summed E-state index contributed by atoms with van der Waals surface area (Å²) in [5.41, 5.74) is 0.627. The van der Waals surface area contributed by atoms with E-state index in [1.807, 2.05) is 6.07 Å². The highest BCUT2D eigenvalue weighted by molar-refractivity contribution is 6.32. The summed E-state index contributed by atoms with van der Waals surface area (Å²) in [5, 5.41) is 7.32. The van der Waals surface area contributed by atoms with Crippen LogP contribution in [0.3, 0.4) is 0 Å². The van der Waals surface area contributed by atoms with Crippen LogP contribution in [-0.2, 0) is 4.74 Å². The van der Waals surface area contributed by atoms with Gasteiger partial charge in [0.25, 0.3) is 5.91 Å². The molecule has 0 aliphatic rings. The molecule has 0 saturated carbocycles. The Bertz CT molecular complexity index is 758. The summed E-state index contributed by atoms with van der Waals surface area (Å²) in [6, 6.07) is 8.48. The number of hydrogen-bond donors (Lipinski definition) is 1. The van der Waals surface area contributed by atoms with Crippen molar-refractivity contribution in [2.24, 2.45) is 0 Å². The van der Waals surface area contributed by atoms with Crippen molar-refractivity contribution in [3.63, 3.8) is 0 Å². The maximum Gasteiger partial charge on any atom is 0.275 e. The first-order valence-electron chi connectivity index (χ1n) is 7.17. The molecule has 0 radical (unpaired) electrons. The van der Waals surface area contributed by atoms with Gasteiger partial charge in [-0.15, -0.1) is 0 Å². The lowest BCUT2D eigenvalue weighted by Crippen LogP contribution is -2.32. The van der Waals surface area contributed by atoms with Crippen molar-refractivity contribution >= 4 is 17.5 Å². The standard InChI is InChI=1S/C16H18ClN3O3/c1-11-10-14(21)15(16(22)18-8-5-9-23-2)19-20(11)13-7-4-3-6-12(13)17/h3-4,6-7,10H,5,8-9H2,1-2H3,(H,18,22). The van der Waals surface area contributed by atoms with E-state index in [4.69, 9.17) is 16.3 Å². The van der Waals surface area contributed by atoms with Gasteiger partial charge in [-0.3, -0.25) is 9.59 Å². The van der Waals surface area contributed by atoms with Crippen molar-refractivity contribution in [1.82, 2.24) is 15.1 Å². The Morgan fingerprint density at radius 1 is 1.39 bits per heavy atom. The summed E-state index contributed by atoms with van der Waals surface area (Å²) in [6.45, 7) is 2.68. The highest BCUT2D eigenvalue weighted by Crippen LogP contribution is 2.19. The fraction of sp³-hybridized carbons (Fsp3) is 0.312. The van der Waals surface area contributed by atoms with Gasteiger partial charge in [0, 0.05) is 32.0 Å². The number of hydrogen-bond acceptors (Lipinski definition) is 4. The summed E-state index contributed by atoms with van der Waals surface area (Å²) in [6.07, 6.45) is 0.660. The van der Waals surface area contributed by atoms with Gasteiger partial charge in [-0.05, 0) is 25.5 Å². The lowest BCUT2D eigenvalue weighted by Gasteiger charge is -2.12. The van der Waals surface area contributed by atoms with Crippen molar-refractivity contribution in [3.8, 4) is 5.69 Å². The summed E-state index contributed by atoms with van der Waals surface area (Å²) in [4.78, 5) is 24.2. The number of nitrogens with one attached hydrogen (secondary N) is 1. The molecule has 6 nitrogen and oxygen atoms in total. The van der Waals surface area contributed by atoms with E-state index >= 15 is 0 Å². The molecule has 0 saturated heterocycles. The molecule has 1 aromatic heterocycles. The molecule has 0 bridgehead atoms. The SMILES string of the molecule is COCCCNC(=O)c1nn(-c2ccccc2Cl)c(C)cc1=O. The minimum atomic E-state index is -0.507. The third-order valence-corrected chi connectivity index (χ3v) is 3.53. The van der Waals surface area contributed by atoms with E-state index in [2.05, 4.69) is 10.4 Å². The number of rotatable bonds is 6. The predicted molar refractivity (Wildman–Crippen MR) is 88.4 cm³/mol. The number of carbonyl (C=O) groups excluding carboxylic acids is 1. The Labute approximate surface area is 139 Å². The highest BCUT2D eigenvalue weighted by Gasteiger charge is 2.15. The molecule has 1 aromatic carbocycles. The van der Waals surface area contributed by atoms with Crippen LogP contribution in [0.2, 0.25) is 5.02 Å². The Morgan fingerprint density at radius 3 is 2.83 bits per heavy atom. The van der Waals surface area contributed by atoms with Gasteiger partial charge < -0.3 is 10.1 Å². The fourth-order valence-corrected chi connectivity index (χ4v) is 2.29. The van der Waals surface area contributed by atoms with Gasteiger partial charge in [0.05, 0.1) is 10.7 Å². The van der Waals surface area contributed by atoms with Gasteiger partial charge in [-0.2, -0.15) is 5.10 Å². The molecule has 0 atom stereocenters. The second-order valence-electron chi connectivity index (χ2n) is 4.96. The van der Waals surface area contributed by atoms with Crippen LogP contribution < -0.4 is 10.7 Å². The van der Waals surface area contributed by atoms with E-state index in [-0.39, 0.29) is 5.69 Å². The molecular weight excluding hydrogens is 318 g/mol. The monoisotopic (exact) mass is 335 g/mol. The van der Waals surface area contributed by atoms with Gasteiger partial charge in [-0.25, -0.2) is 4.68 Å². The van der Waals surface area contributed by atoms with Crippen LogP contribution >= 0.6 is 11.6 Å². The second-order valence-corrected chi connectivity index (χ2v) is 5.37. The molecule has 1 N–H and O–H groups in total. The number of para-hydroxylation sites is 1. The molecule has 2 rings (SSSR count). The molecule has 0 aliphatic carbocycles. The molecule has 1 heterocycles. The normalized spacial score (nSPS) is 10.6.